The van der Waals surface area contributed by atoms with Crippen molar-refractivity contribution >= 4 is 16.0 Å². The van der Waals surface area contributed by atoms with Crippen molar-refractivity contribution in [3.8, 4) is 0 Å². The van der Waals surface area contributed by atoms with Crippen LogP contribution >= 0.6 is 0 Å². The molecule has 0 heterocycles. The molecule has 0 aliphatic carbocycles. The molecule has 0 saturated heterocycles. The number of hydrogen-bond acceptors (Lipinski definition) is 3. The highest BCUT2D eigenvalue weighted by atomic mass is 32.2. The van der Waals surface area contributed by atoms with Gasteiger partial charge in [-0.1, -0.05) is 13.8 Å². The van der Waals surface area contributed by atoms with E-state index in [1.165, 1.54) is 0 Å². The summed E-state index contributed by atoms with van der Waals surface area (Å²) in [6.07, 6.45) is -5.22. The average molecular weight is 357 g/mol. The third-order valence-corrected chi connectivity index (χ3v) is 4.37. The van der Waals surface area contributed by atoms with Gasteiger partial charge in [-0.25, -0.2) is 12.8 Å². The van der Waals surface area contributed by atoms with Gasteiger partial charge in [0.1, 0.15) is 11.9 Å². The van der Waals surface area contributed by atoms with E-state index in [2.05, 4.69) is 0 Å². The second-order valence-electron chi connectivity index (χ2n) is 5.28. The normalized spacial score (nSPS) is 14.0. The maximum absolute atomic E-state index is 13.0. The molecule has 0 aromatic heterocycles. The first-order chi connectivity index (χ1) is 10.3. The van der Waals surface area contributed by atoms with Crippen molar-refractivity contribution < 1.29 is 35.9 Å². The third-order valence-electron chi connectivity index (χ3n) is 2.84. The minimum atomic E-state index is -5.11. The Bertz CT molecular complexity index is 686. The van der Waals surface area contributed by atoms with E-state index >= 15 is 0 Å². The molecule has 0 bridgehead atoms. The first kappa shape index (κ1) is 19.4. The Morgan fingerprint density at radius 1 is 1.30 bits per heavy atom. The number of benzene rings is 1. The van der Waals surface area contributed by atoms with Crippen molar-refractivity contribution in [1.82, 2.24) is 4.72 Å². The van der Waals surface area contributed by atoms with Gasteiger partial charge < -0.3 is 5.11 Å². The quantitative estimate of drug-likeness (QED) is 0.767. The SMILES string of the molecule is CC(C)C[C@@H](NS(=O)(=O)c1ccc(F)cc1C(F)(F)F)C(=O)O. The Labute approximate surface area is 130 Å². The fourth-order valence-electron chi connectivity index (χ4n) is 1.88. The average Bonchev–Trinajstić information content (AvgIpc) is 2.35. The lowest BCUT2D eigenvalue weighted by Gasteiger charge is -2.19. The minimum Gasteiger partial charge on any atom is -0.480 e. The van der Waals surface area contributed by atoms with Gasteiger partial charge >= 0.3 is 12.1 Å². The second kappa shape index (κ2) is 6.83. The van der Waals surface area contributed by atoms with Crippen LogP contribution in [0, 0.1) is 11.7 Å². The molecule has 0 radical (unpaired) electrons. The number of carbonyl (C=O) groups is 1. The standard InChI is InChI=1S/C13H15F4NO4S/c1-7(2)5-10(12(19)20)18-23(21,22)11-4-3-8(14)6-9(11)13(15,16)17/h3-4,6-7,10,18H,5H2,1-2H3,(H,19,20)/t10-/m1/s1. The molecule has 0 spiro atoms. The van der Waals surface area contributed by atoms with Crippen LogP contribution in [0.4, 0.5) is 17.6 Å². The van der Waals surface area contributed by atoms with Crippen LogP contribution in [0.25, 0.3) is 0 Å². The molecule has 130 valence electrons. The number of hydrogen-bond donors (Lipinski definition) is 2. The van der Waals surface area contributed by atoms with Gasteiger partial charge in [-0.15, -0.1) is 0 Å². The van der Waals surface area contributed by atoms with E-state index in [9.17, 15) is 30.8 Å². The predicted octanol–water partition coefficient (Wildman–Crippen LogP) is 2.62. The van der Waals surface area contributed by atoms with Gasteiger partial charge in [0.15, 0.2) is 0 Å². The summed E-state index contributed by atoms with van der Waals surface area (Å²) in [7, 11) is -4.80. The summed E-state index contributed by atoms with van der Waals surface area (Å²) in [5.74, 6) is -2.99. The summed E-state index contributed by atoms with van der Waals surface area (Å²) < 4.78 is 77.6. The molecule has 1 atom stereocenters. The fourth-order valence-corrected chi connectivity index (χ4v) is 3.29. The van der Waals surface area contributed by atoms with Crippen molar-refractivity contribution in [3.63, 3.8) is 0 Å². The van der Waals surface area contributed by atoms with Crippen molar-refractivity contribution in [2.24, 2.45) is 5.92 Å². The summed E-state index contributed by atoms with van der Waals surface area (Å²) in [6.45, 7) is 3.26. The van der Waals surface area contributed by atoms with Gasteiger partial charge in [-0.3, -0.25) is 4.79 Å². The zero-order chi connectivity index (χ0) is 18.0. The Kier molecular flexibility index (Phi) is 5.75. The Hall–Kier alpha value is -1.68. The molecule has 0 unspecified atom stereocenters. The van der Waals surface area contributed by atoms with Gasteiger partial charge in [-0.2, -0.15) is 17.9 Å². The third kappa shape index (κ3) is 5.17. The number of alkyl halides is 3. The molecule has 5 nitrogen and oxygen atoms in total. The highest BCUT2D eigenvalue weighted by molar-refractivity contribution is 7.89. The molecule has 0 aliphatic rings. The molecular weight excluding hydrogens is 342 g/mol. The molecule has 1 aromatic carbocycles. The molecular formula is C13H15F4NO4S. The number of sulfonamides is 1. The zero-order valence-electron chi connectivity index (χ0n) is 12.2. The van der Waals surface area contributed by atoms with Gasteiger partial charge in [0.2, 0.25) is 10.0 Å². The maximum Gasteiger partial charge on any atom is 0.417 e. The van der Waals surface area contributed by atoms with Gasteiger partial charge in [0.05, 0.1) is 10.5 Å². The van der Waals surface area contributed by atoms with Crippen molar-refractivity contribution in [2.75, 3.05) is 0 Å². The van der Waals surface area contributed by atoms with E-state index in [0.29, 0.717) is 12.1 Å². The van der Waals surface area contributed by atoms with Crippen LogP contribution in [-0.4, -0.2) is 25.5 Å². The van der Waals surface area contributed by atoms with Crippen LogP contribution in [0.1, 0.15) is 25.8 Å². The lowest BCUT2D eigenvalue weighted by molar-refractivity contribution is -0.140. The highest BCUT2D eigenvalue weighted by Crippen LogP contribution is 2.34. The molecule has 1 aromatic rings. The van der Waals surface area contributed by atoms with E-state index in [-0.39, 0.29) is 18.4 Å². The van der Waals surface area contributed by atoms with Crippen LogP contribution in [-0.2, 0) is 21.0 Å². The fraction of sp³-hybridized carbons (Fsp3) is 0.462. The molecule has 0 amide bonds. The number of nitrogens with one attached hydrogen (secondary N) is 1. The predicted molar refractivity (Wildman–Crippen MR) is 72.6 cm³/mol. The molecule has 10 heteroatoms. The Balaban J connectivity index is 3.31. The number of carboxylic acids is 1. The monoisotopic (exact) mass is 357 g/mol. The summed E-state index contributed by atoms with van der Waals surface area (Å²) >= 11 is 0. The van der Waals surface area contributed by atoms with Crippen LogP contribution in [0.3, 0.4) is 0 Å². The first-order valence-electron chi connectivity index (χ1n) is 6.46. The zero-order valence-corrected chi connectivity index (χ0v) is 13.0. The van der Waals surface area contributed by atoms with Crippen LogP contribution < -0.4 is 4.72 Å². The van der Waals surface area contributed by atoms with Crippen molar-refractivity contribution in [2.45, 2.75) is 37.4 Å². The Morgan fingerprint density at radius 3 is 2.30 bits per heavy atom. The van der Waals surface area contributed by atoms with Crippen LogP contribution in [0.2, 0.25) is 0 Å². The molecule has 0 fully saturated rings. The van der Waals surface area contributed by atoms with Crippen LogP contribution in [0.5, 0.6) is 0 Å². The number of aliphatic carboxylic acids is 1. The second-order valence-corrected chi connectivity index (χ2v) is 6.96. The highest BCUT2D eigenvalue weighted by Gasteiger charge is 2.38. The summed E-state index contributed by atoms with van der Waals surface area (Å²) in [6, 6.07) is -0.532. The number of rotatable bonds is 6. The number of carboxylic acid groups (broad SMARTS) is 1. The van der Waals surface area contributed by atoms with Gasteiger partial charge in [-0.05, 0) is 30.5 Å². The topological polar surface area (TPSA) is 83.5 Å². The lowest BCUT2D eigenvalue weighted by Crippen LogP contribution is -2.42. The number of halogens is 4. The van der Waals surface area contributed by atoms with Crippen molar-refractivity contribution in [1.29, 1.82) is 0 Å². The molecule has 0 saturated carbocycles. The van der Waals surface area contributed by atoms with Gasteiger partial charge in [0, 0.05) is 0 Å². The van der Waals surface area contributed by atoms with Gasteiger partial charge in [0.25, 0.3) is 0 Å². The van der Waals surface area contributed by atoms with E-state index in [0.717, 1.165) is 0 Å². The molecule has 1 rings (SSSR count). The van der Waals surface area contributed by atoms with E-state index < -0.39 is 44.5 Å². The Morgan fingerprint density at radius 2 is 1.87 bits per heavy atom. The smallest absolute Gasteiger partial charge is 0.417 e. The lowest BCUT2D eigenvalue weighted by atomic mass is 10.1. The van der Waals surface area contributed by atoms with E-state index in [4.69, 9.17) is 5.11 Å². The molecule has 0 aliphatic heterocycles. The molecule has 23 heavy (non-hydrogen) atoms. The summed E-state index contributed by atoms with van der Waals surface area (Å²) in [4.78, 5) is 9.85. The summed E-state index contributed by atoms with van der Waals surface area (Å²) in [5.41, 5.74) is -1.70. The van der Waals surface area contributed by atoms with E-state index in [1.807, 2.05) is 0 Å². The van der Waals surface area contributed by atoms with E-state index in [1.54, 1.807) is 18.6 Å². The summed E-state index contributed by atoms with van der Waals surface area (Å²) in [5, 5.41) is 9.00. The van der Waals surface area contributed by atoms with Crippen LogP contribution in [0.15, 0.2) is 23.1 Å². The molecule has 2 N–H and O–H groups in total. The van der Waals surface area contributed by atoms with Crippen molar-refractivity contribution in [3.05, 3.63) is 29.6 Å². The first-order valence-corrected chi connectivity index (χ1v) is 7.94. The maximum atomic E-state index is 13.0. The largest absolute Gasteiger partial charge is 0.480 e. The minimum absolute atomic E-state index is 0.0484.